The zero-order valence-electron chi connectivity index (χ0n) is 39.0. The summed E-state index contributed by atoms with van der Waals surface area (Å²) in [6, 6.07) is 61.0. The summed E-state index contributed by atoms with van der Waals surface area (Å²) in [5.74, 6) is 0. The van der Waals surface area contributed by atoms with Crippen LogP contribution >= 0.6 is 0 Å². The van der Waals surface area contributed by atoms with Crippen LogP contribution in [0, 0.1) is 6.07 Å². The normalized spacial score (nSPS) is 12.0. The van der Waals surface area contributed by atoms with Gasteiger partial charge in [0.25, 0.3) is 0 Å². The van der Waals surface area contributed by atoms with Crippen LogP contribution in [0.4, 0.5) is 0 Å². The molecule has 3 heteroatoms. The molecule has 62 heavy (non-hydrogen) atoms. The van der Waals surface area contributed by atoms with E-state index in [1.54, 1.807) is 0 Å². The fourth-order valence-electron chi connectivity index (χ4n) is 7.86. The first-order valence-electron chi connectivity index (χ1n) is 21.6. The van der Waals surface area contributed by atoms with E-state index < -0.39 is 0 Å². The zero-order valence-corrected chi connectivity index (χ0v) is 44.1. The SMILES string of the molecule is CC(C)(C)c1cc2c([c-]c1-c1ccccc1)Cc1cc(-c3ccccc3)c(C(C)(C)C)cc1-2.CC(C)(C)c1ccc([C](=[Hf+2])c2ccc(C(C)(C)C)cc2)cc1.[Cl-].[Cl-].c1cc[cH-]c1. The Kier molecular flexibility index (Phi) is 16.9. The summed E-state index contributed by atoms with van der Waals surface area (Å²) >= 11 is 1.06. The Morgan fingerprint density at radius 1 is 0.468 bits per heavy atom. The average Bonchev–Trinajstić information content (AvgIpc) is 3.91. The van der Waals surface area contributed by atoms with E-state index in [1.165, 1.54) is 81.1 Å². The minimum absolute atomic E-state index is 0. The van der Waals surface area contributed by atoms with Gasteiger partial charge in [-0.25, -0.2) is 12.1 Å². The molecule has 0 saturated carbocycles. The van der Waals surface area contributed by atoms with Crippen LogP contribution in [0.5, 0.6) is 0 Å². The van der Waals surface area contributed by atoms with Gasteiger partial charge in [0.1, 0.15) is 0 Å². The Morgan fingerprint density at radius 2 is 0.903 bits per heavy atom. The fourth-order valence-corrected chi connectivity index (χ4v) is 9.06. The van der Waals surface area contributed by atoms with Crippen LogP contribution in [-0.2, 0) is 52.0 Å². The van der Waals surface area contributed by atoms with Crippen molar-refractivity contribution in [3.8, 4) is 33.4 Å². The first-order valence-corrected chi connectivity index (χ1v) is 23.4. The largest absolute Gasteiger partial charge is 1.00 e. The third-order valence-electron chi connectivity index (χ3n) is 11.5. The van der Waals surface area contributed by atoms with E-state index in [0.717, 1.165) is 30.3 Å². The third kappa shape index (κ3) is 12.4. The van der Waals surface area contributed by atoms with Crippen molar-refractivity contribution in [1.82, 2.24) is 0 Å². The van der Waals surface area contributed by atoms with E-state index >= 15 is 0 Å². The second-order valence-corrected chi connectivity index (χ2v) is 22.2. The number of rotatable bonds is 4. The molecule has 0 nitrogen and oxygen atoms in total. The van der Waals surface area contributed by atoms with Gasteiger partial charge in [0.05, 0.1) is 0 Å². The van der Waals surface area contributed by atoms with E-state index in [4.69, 9.17) is 0 Å². The molecule has 8 rings (SSSR count). The quantitative estimate of drug-likeness (QED) is 0.122. The molecule has 0 bridgehead atoms. The number of hydrogen-bond donors (Lipinski definition) is 0. The maximum atomic E-state index is 3.88. The van der Waals surface area contributed by atoms with Gasteiger partial charge in [0.15, 0.2) is 0 Å². The molecule has 0 aromatic heterocycles. The van der Waals surface area contributed by atoms with Gasteiger partial charge >= 0.3 is 150 Å². The van der Waals surface area contributed by atoms with Gasteiger partial charge < -0.3 is 24.8 Å². The van der Waals surface area contributed by atoms with Gasteiger partial charge in [-0.2, -0.15) is 18.2 Å². The smallest absolute Gasteiger partial charge is 0.172 e. The van der Waals surface area contributed by atoms with Crippen LogP contribution in [0.2, 0.25) is 0 Å². The van der Waals surface area contributed by atoms with Crippen molar-refractivity contribution in [3.63, 3.8) is 0 Å². The van der Waals surface area contributed by atoms with Crippen LogP contribution < -0.4 is 24.8 Å². The predicted octanol–water partition coefficient (Wildman–Crippen LogP) is 9.80. The second kappa shape index (κ2) is 20.7. The Hall–Kier alpha value is -4.01. The minimum Gasteiger partial charge on any atom is -1.00 e. The molecule has 0 radical (unpaired) electrons. The van der Waals surface area contributed by atoms with Crippen LogP contribution in [0.1, 0.15) is 128 Å². The third-order valence-corrected chi connectivity index (χ3v) is 13.5. The second-order valence-electron chi connectivity index (χ2n) is 20.4. The van der Waals surface area contributed by atoms with Gasteiger partial charge in [-0.15, -0.1) is 28.8 Å². The van der Waals surface area contributed by atoms with Gasteiger partial charge in [0.2, 0.25) is 0 Å². The molecule has 1 aliphatic rings. The predicted molar refractivity (Wildman–Crippen MR) is 257 cm³/mol. The van der Waals surface area contributed by atoms with Gasteiger partial charge in [0, 0.05) is 0 Å². The molecule has 0 amide bonds. The van der Waals surface area contributed by atoms with Crippen molar-refractivity contribution < 1.29 is 48.7 Å². The van der Waals surface area contributed by atoms with Crippen LogP contribution in [0.25, 0.3) is 33.4 Å². The van der Waals surface area contributed by atoms with Crippen molar-refractivity contribution >= 4 is 3.26 Å². The summed E-state index contributed by atoms with van der Waals surface area (Å²) in [4.78, 5) is 0. The number of fused-ring (bicyclic) bond motifs is 3. The summed E-state index contributed by atoms with van der Waals surface area (Å²) in [6.07, 6.45) is 0.944. The fraction of sp³-hybridized carbons (Fsp3) is 0.288. The molecule has 0 N–H and O–H groups in total. The molecule has 7 aromatic rings. The molecule has 0 atom stereocenters. The zero-order chi connectivity index (χ0) is 43.5. The summed E-state index contributed by atoms with van der Waals surface area (Å²) in [6.45, 7) is 27.5. The van der Waals surface area contributed by atoms with Crippen molar-refractivity contribution in [1.29, 1.82) is 0 Å². The summed E-state index contributed by atoms with van der Waals surface area (Å²) in [5, 5.41) is 0. The molecule has 0 fully saturated rings. The van der Waals surface area contributed by atoms with Gasteiger partial charge in [-0.3, -0.25) is 0 Å². The number of halogens is 2. The van der Waals surface area contributed by atoms with E-state index in [2.05, 4.69) is 217 Å². The van der Waals surface area contributed by atoms with Crippen molar-refractivity contribution in [2.24, 2.45) is 0 Å². The Morgan fingerprint density at radius 3 is 1.31 bits per heavy atom. The Labute approximate surface area is 401 Å². The van der Waals surface area contributed by atoms with Crippen molar-refractivity contribution in [2.45, 2.75) is 111 Å². The minimum atomic E-state index is 0. The van der Waals surface area contributed by atoms with Crippen LogP contribution in [-0.4, -0.2) is 3.26 Å². The molecule has 320 valence electrons. The first-order chi connectivity index (χ1) is 28.2. The molecule has 7 aromatic carbocycles. The Balaban J connectivity index is 0.000000252. The van der Waals surface area contributed by atoms with Crippen LogP contribution in [0.3, 0.4) is 0 Å². The van der Waals surface area contributed by atoms with Crippen molar-refractivity contribution in [2.75, 3.05) is 0 Å². The molecular weight excluding hydrogens is 958 g/mol. The number of benzene rings is 6. The van der Waals surface area contributed by atoms with E-state index in [0.29, 0.717) is 0 Å². The molecule has 0 unspecified atom stereocenters. The van der Waals surface area contributed by atoms with E-state index in [9.17, 15) is 0 Å². The van der Waals surface area contributed by atoms with Gasteiger partial charge in [-0.1, -0.05) is 131 Å². The maximum Gasteiger partial charge on any atom is -0.172 e. The molecular formula is C59H64Cl2Hf-2. The molecule has 1 aliphatic carbocycles. The summed E-state index contributed by atoms with van der Waals surface area (Å²) < 4.78 is 1.47. The monoisotopic (exact) mass is 1020 g/mol. The summed E-state index contributed by atoms with van der Waals surface area (Å²) in [5.41, 5.74) is 19.5. The first kappa shape index (κ1) is 50.6. The Bertz CT molecular complexity index is 2320. The molecule has 0 aliphatic heterocycles. The maximum absolute atomic E-state index is 3.88. The molecule has 0 saturated heterocycles. The van der Waals surface area contributed by atoms with Gasteiger partial charge in [-0.05, 0) is 39.5 Å². The summed E-state index contributed by atoms with van der Waals surface area (Å²) in [7, 11) is 0. The topological polar surface area (TPSA) is 0 Å². The van der Waals surface area contributed by atoms with Crippen molar-refractivity contribution in [3.05, 3.63) is 208 Å². The number of hydrogen-bond acceptors (Lipinski definition) is 0. The standard InChI is InChI=1S/C33H33.C21H26.C5H5.2ClH.Hf/c1-32(2,3)30-20-26-24(18-28(30)22-13-9-7-10-14-22)17-25-19-29(23-15-11-8-12-16-23)31(21-27(25)26)33(4,5)6;1-20(2,3)18-11-7-16(8-12-18)15-17-9-13-19(14-10-17)21(4,5)6;1-2-4-5-3-1;;;/h7-16,18,20-21H,17H2,1-6H3;7-14H,1-6H3;1-5H;2*1H;/q-1;;-1;;;+2/p-2. The average molecular weight is 1020 g/mol. The van der Waals surface area contributed by atoms with E-state index in [-0.39, 0.29) is 46.5 Å². The molecule has 0 spiro atoms. The van der Waals surface area contributed by atoms with Crippen LogP contribution in [0.15, 0.2) is 158 Å². The molecule has 0 heterocycles. The van der Waals surface area contributed by atoms with E-state index in [1.807, 2.05) is 30.3 Å².